The lowest BCUT2D eigenvalue weighted by molar-refractivity contribution is -0.128. The van der Waals surface area contributed by atoms with Crippen molar-refractivity contribution in [2.24, 2.45) is 0 Å². The normalized spacial score (nSPS) is 12.5. The molecule has 88 valence electrons. The first kappa shape index (κ1) is 13.5. The molecule has 1 unspecified atom stereocenters. The van der Waals surface area contributed by atoms with Gasteiger partial charge in [-0.1, -0.05) is 23.2 Å². The van der Waals surface area contributed by atoms with Crippen LogP contribution in [0.5, 0.6) is 0 Å². The average Bonchev–Trinajstić information content (AvgIpc) is 2.23. The number of hydrogen-bond donors (Lipinski definition) is 0. The number of Topliss-reactive ketones (excluding diaryl/α,β-unsaturated/α-hetero) is 1. The fourth-order valence-electron chi connectivity index (χ4n) is 1.35. The lowest BCUT2D eigenvalue weighted by Crippen LogP contribution is -2.22. The third-order valence-electron chi connectivity index (χ3n) is 2.24. The summed E-state index contributed by atoms with van der Waals surface area (Å²) in [6.07, 6.45) is -0.152. The number of rotatable bonds is 5. The van der Waals surface area contributed by atoms with Gasteiger partial charge < -0.3 is 4.74 Å². The lowest BCUT2D eigenvalue weighted by Gasteiger charge is -2.11. The van der Waals surface area contributed by atoms with Gasteiger partial charge in [0.1, 0.15) is 6.10 Å². The van der Waals surface area contributed by atoms with E-state index < -0.39 is 6.10 Å². The maximum atomic E-state index is 11.7. The highest BCUT2D eigenvalue weighted by atomic mass is 35.5. The van der Waals surface area contributed by atoms with Gasteiger partial charge in [-0.3, -0.25) is 4.79 Å². The number of ketones is 1. The van der Waals surface area contributed by atoms with Gasteiger partial charge in [0, 0.05) is 23.1 Å². The molecule has 0 radical (unpaired) electrons. The Hall–Kier alpha value is -0.570. The molecule has 0 saturated carbocycles. The third kappa shape index (κ3) is 3.78. The van der Waals surface area contributed by atoms with Crippen LogP contribution in [0.3, 0.4) is 0 Å². The van der Waals surface area contributed by atoms with Crippen LogP contribution in [0.1, 0.15) is 19.4 Å². The van der Waals surface area contributed by atoms with Crippen molar-refractivity contribution in [1.29, 1.82) is 0 Å². The van der Waals surface area contributed by atoms with Crippen LogP contribution in [0.4, 0.5) is 0 Å². The van der Waals surface area contributed by atoms with E-state index in [9.17, 15) is 4.79 Å². The van der Waals surface area contributed by atoms with Crippen molar-refractivity contribution in [3.8, 4) is 0 Å². The Morgan fingerprint density at radius 3 is 2.75 bits per heavy atom. The molecule has 0 fully saturated rings. The monoisotopic (exact) mass is 260 g/mol. The molecule has 1 aromatic carbocycles. The molecule has 0 aliphatic heterocycles. The molecule has 2 nitrogen and oxygen atoms in total. The Morgan fingerprint density at radius 2 is 2.12 bits per heavy atom. The Balaban J connectivity index is 2.72. The van der Waals surface area contributed by atoms with E-state index in [4.69, 9.17) is 27.9 Å². The molecule has 4 heteroatoms. The summed E-state index contributed by atoms with van der Waals surface area (Å²) in [7, 11) is 0. The number of carbonyl (C=O) groups is 1. The quantitative estimate of drug-likeness (QED) is 0.810. The molecule has 0 aliphatic carbocycles. The second kappa shape index (κ2) is 6.24. The van der Waals surface area contributed by atoms with Gasteiger partial charge in [-0.05, 0) is 37.6 Å². The third-order valence-corrected chi connectivity index (χ3v) is 2.85. The second-order valence-electron chi connectivity index (χ2n) is 3.48. The van der Waals surface area contributed by atoms with Gasteiger partial charge in [0.2, 0.25) is 0 Å². The second-order valence-corrected chi connectivity index (χ2v) is 4.32. The Morgan fingerprint density at radius 1 is 1.44 bits per heavy atom. The number of carbonyl (C=O) groups excluding carboxylic acids is 1. The maximum absolute atomic E-state index is 11.7. The topological polar surface area (TPSA) is 26.3 Å². The van der Waals surface area contributed by atoms with Crippen molar-refractivity contribution in [2.45, 2.75) is 26.4 Å². The van der Waals surface area contributed by atoms with Crippen LogP contribution in [0.25, 0.3) is 0 Å². The Kier molecular flexibility index (Phi) is 5.26. The highest BCUT2D eigenvalue weighted by Gasteiger charge is 2.15. The molecule has 0 heterocycles. The predicted molar refractivity (Wildman–Crippen MR) is 66.3 cm³/mol. The van der Waals surface area contributed by atoms with Gasteiger partial charge in [-0.2, -0.15) is 0 Å². The highest BCUT2D eigenvalue weighted by molar-refractivity contribution is 6.33. The largest absolute Gasteiger partial charge is 0.371 e. The fraction of sp³-hybridized carbons (Fsp3) is 0.417. The van der Waals surface area contributed by atoms with Gasteiger partial charge >= 0.3 is 0 Å². The summed E-state index contributed by atoms with van der Waals surface area (Å²) in [6.45, 7) is 4.12. The van der Waals surface area contributed by atoms with Crippen molar-refractivity contribution in [2.75, 3.05) is 6.61 Å². The summed E-state index contributed by atoms with van der Waals surface area (Å²) in [4.78, 5) is 11.7. The summed E-state index contributed by atoms with van der Waals surface area (Å²) in [6, 6.07) is 5.10. The molecule has 0 spiro atoms. The van der Waals surface area contributed by atoms with Crippen LogP contribution < -0.4 is 0 Å². The molecule has 0 saturated heterocycles. The van der Waals surface area contributed by atoms with Gasteiger partial charge in [-0.15, -0.1) is 0 Å². The van der Waals surface area contributed by atoms with Crippen LogP contribution in [0.15, 0.2) is 18.2 Å². The maximum Gasteiger partial charge on any atom is 0.165 e. The number of ether oxygens (including phenoxy) is 1. The van der Waals surface area contributed by atoms with E-state index in [1.807, 2.05) is 6.92 Å². The van der Waals surface area contributed by atoms with Crippen LogP contribution in [0.2, 0.25) is 10.0 Å². The first-order valence-electron chi connectivity index (χ1n) is 5.12. The van der Waals surface area contributed by atoms with Crippen molar-refractivity contribution < 1.29 is 9.53 Å². The highest BCUT2D eigenvalue weighted by Crippen LogP contribution is 2.21. The van der Waals surface area contributed by atoms with Gasteiger partial charge in [0.25, 0.3) is 0 Å². The van der Waals surface area contributed by atoms with E-state index in [1.54, 1.807) is 25.1 Å². The molecule has 1 rings (SSSR count). The van der Waals surface area contributed by atoms with Crippen LogP contribution in [-0.4, -0.2) is 18.5 Å². The molecule has 16 heavy (non-hydrogen) atoms. The van der Waals surface area contributed by atoms with E-state index in [0.29, 0.717) is 16.7 Å². The minimum Gasteiger partial charge on any atom is -0.371 e. The first-order chi connectivity index (χ1) is 7.54. The minimum absolute atomic E-state index is 0.00557. The molecule has 0 aliphatic rings. The van der Waals surface area contributed by atoms with Crippen molar-refractivity contribution in [3.63, 3.8) is 0 Å². The Labute approximate surface area is 106 Å². The lowest BCUT2D eigenvalue weighted by atomic mass is 10.1. The molecule has 0 bridgehead atoms. The summed E-state index contributed by atoms with van der Waals surface area (Å²) < 4.78 is 5.22. The van der Waals surface area contributed by atoms with E-state index in [-0.39, 0.29) is 12.2 Å². The van der Waals surface area contributed by atoms with Gasteiger partial charge in [0.15, 0.2) is 5.78 Å². The van der Waals surface area contributed by atoms with Crippen LogP contribution >= 0.6 is 23.2 Å². The first-order valence-corrected chi connectivity index (χ1v) is 5.88. The standard InChI is InChI=1S/C12H14Cl2O2/c1-3-16-8(2)12(15)7-9-6-10(13)4-5-11(9)14/h4-6,8H,3,7H2,1-2H3. The minimum atomic E-state index is -0.403. The van der Waals surface area contributed by atoms with E-state index in [2.05, 4.69) is 0 Å². The summed E-state index contributed by atoms with van der Waals surface area (Å²) in [5, 5.41) is 1.14. The predicted octanol–water partition coefficient (Wildman–Crippen LogP) is 3.53. The van der Waals surface area contributed by atoms with Crippen LogP contribution in [-0.2, 0) is 16.0 Å². The zero-order valence-corrected chi connectivity index (χ0v) is 10.8. The number of halogens is 2. The average molecular weight is 261 g/mol. The van der Waals surface area contributed by atoms with E-state index in [0.717, 1.165) is 5.56 Å². The zero-order chi connectivity index (χ0) is 12.1. The number of benzene rings is 1. The van der Waals surface area contributed by atoms with E-state index in [1.165, 1.54) is 0 Å². The zero-order valence-electron chi connectivity index (χ0n) is 9.30. The van der Waals surface area contributed by atoms with Crippen molar-refractivity contribution in [1.82, 2.24) is 0 Å². The van der Waals surface area contributed by atoms with Gasteiger partial charge in [-0.25, -0.2) is 0 Å². The van der Waals surface area contributed by atoms with Crippen molar-refractivity contribution >= 4 is 29.0 Å². The Bertz CT molecular complexity index is 377. The van der Waals surface area contributed by atoms with E-state index >= 15 is 0 Å². The molecular weight excluding hydrogens is 247 g/mol. The van der Waals surface area contributed by atoms with Crippen molar-refractivity contribution in [3.05, 3.63) is 33.8 Å². The SMILES string of the molecule is CCOC(C)C(=O)Cc1cc(Cl)ccc1Cl. The molecule has 0 aromatic heterocycles. The summed E-state index contributed by atoms with van der Waals surface area (Å²) in [5.41, 5.74) is 0.741. The molecule has 0 amide bonds. The smallest absolute Gasteiger partial charge is 0.165 e. The molecular formula is C12H14Cl2O2. The van der Waals surface area contributed by atoms with Gasteiger partial charge in [0.05, 0.1) is 0 Å². The number of hydrogen-bond acceptors (Lipinski definition) is 2. The molecule has 1 atom stereocenters. The summed E-state index contributed by atoms with van der Waals surface area (Å²) >= 11 is 11.8. The molecule has 0 N–H and O–H groups in total. The van der Waals surface area contributed by atoms with Crippen LogP contribution in [0, 0.1) is 0 Å². The summed E-state index contributed by atoms with van der Waals surface area (Å²) in [5.74, 6) is 0.00557. The molecule has 1 aromatic rings. The fourth-order valence-corrected chi connectivity index (χ4v) is 1.73.